The topological polar surface area (TPSA) is 21.3 Å². The Morgan fingerprint density at radius 1 is 1.20 bits per heavy atom. The molecule has 3 heteroatoms. The summed E-state index contributed by atoms with van der Waals surface area (Å²) in [6.07, 6.45) is 4.53. The van der Waals surface area contributed by atoms with E-state index in [0.717, 1.165) is 30.2 Å². The van der Waals surface area contributed by atoms with E-state index in [9.17, 15) is 0 Å². The Hall–Kier alpha value is -0.890. The molecule has 0 aromatic heterocycles. The first-order chi connectivity index (χ1) is 9.60. The summed E-state index contributed by atoms with van der Waals surface area (Å²) in [6, 6.07) is 6.47. The number of benzene rings is 1. The Kier molecular flexibility index (Phi) is 7.83. The highest BCUT2D eigenvalue weighted by Gasteiger charge is 2.11. The lowest BCUT2D eigenvalue weighted by Crippen LogP contribution is -2.21. The van der Waals surface area contributed by atoms with Crippen LogP contribution in [0.1, 0.15) is 53.4 Å². The van der Waals surface area contributed by atoms with Crippen LogP contribution in [0, 0.1) is 5.92 Å². The largest absolute Gasteiger partial charge is 0.492 e. The van der Waals surface area contributed by atoms with Crippen molar-refractivity contribution in [1.29, 1.82) is 0 Å². The quantitative estimate of drug-likeness (QED) is 0.626. The summed E-state index contributed by atoms with van der Waals surface area (Å²) in [7, 11) is 0. The minimum absolute atomic E-state index is 0.503. The van der Waals surface area contributed by atoms with Gasteiger partial charge in [0.1, 0.15) is 5.75 Å². The second-order valence-electron chi connectivity index (χ2n) is 5.49. The van der Waals surface area contributed by atoms with Crippen LogP contribution in [0.15, 0.2) is 18.2 Å². The van der Waals surface area contributed by atoms with E-state index in [-0.39, 0.29) is 0 Å². The van der Waals surface area contributed by atoms with Crippen LogP contribution >= 0.6 is 11.6 Å². The third-order valence-electron chi connectivity index (χ3n) is 3.64. The molecule has 2 nitrogen and oxygen atoms in total. The van der Waals surface area contributed by atoms with E-state index in [2.05, 4.69) is 39.1 Å². The predicted octanol–water partition coefficient (Wildman–Crippen LogP) is 5.76. The minimum Gasteiger partial charge on any atom is -0.492 e. The van der Waals surface area contributed by atoms with Crippen LogP contribution in [0.25, 0.3) is 0 Å². The highest BCUT2D eigenvalue weighted by atomic mass is 35.5. The summed E-state index contributed by atoms with van der Waals surface area (Å²) >= 11 is 6.26. The van der Waals surface area contributed by atoms with Gasteiger partial charge in [0, 0.05) is 11.7 Å². The van der Waals surface area contributed by atoms with Gasteiger partial charge in [0.25, 0.3) is 0 Å². The van der Waals surface area contributed by atoms with Crippen LogP contribution in [0.3, 0.4) is 0 Å². The Bertz CT molecular complexity index is 395. The molecule has 0 aliphatic carbocycles. The van der Waals surface area contributed by atoms with Gasteiger partial charge >= 0.3 is 0 Å². The number of rotatable bonds is 9. The van der Waals surface area contributed by atoms with E-state index < -0.39 is 0 Å². The molecule has 0 aliphatic rings. The fourth-order valence-electron chi connectivity index (χ4n) is 2.14. The average molecular weight is 298 g/mol. The molecule has 1 aromatic rings. The molecular weight excluding hydrogens is 270 g/mol. The van der Waals surface area contributed by atoms with Crippen LogP contribution in [-0.2, 0) is 0 Å². The monoisotopic (exact) mass is 297 g/mol. The Labute approximate surface area is 128 Å². The maximum Gasteiger partial charge on any atom is 0.138 e. The Morgan fingerprint density at radius 3 is 2.50 bits per heavy atom. The summed E-state index contributed by atoms with van der Waals surface area (Å²) in [4.78, 5) is 0. The van der Waals surface area contributed by atoms with Crippen molar-refractivity contribution in [2.75, 3.05) is 11.9 Å². The van der Waals surface area contributed by atoms with Gasteiger partial charge in [0.15, 0.2) is 0 Å². The molecule has 0 amide bonds. The van der Waals surface area contributed by atoms with Crippen LogP contribution in [0.4, 0.5) is 5.69 Å². The number of ether oxygens (including phenoxy) is 1. The second kappa shape index (κ2) is 9.12. The summed E-state index contributed by atoms with van der Waals surface area (Å²) in [5, 5.41) is 4.26. The minimum atomic E-state index is 0.503. The first-order valence-corrected chi connectivity index (χ1v) is 8.17. The lowest BCUT2D eigenvalue weighted by Gasteiger charge is -2.22. The standard InChI is InChI=1S/C17H28ClNO/c1-5-10-20-17-9-8-15(12-16(17)18)19-14(7-3)11-13(4)6-2/h8-9,12-14,19H,5-7,10-11H2,1-4H3. The van der Waals surface area contributed by atoms with Crippen molar-refractivity contribution in [3.8, 4) is 5.75 Å². The summed E-state index contributed by atoms with van der Waals surface area (Å²) < 4.78 is 5.59. The van der Waals surface area contributed by atoms with Crippen molar-refractivity contribution < 1.29 is 4.74 Å². The molecule has 0 fully saturated rings. The lowest BCUT2D eigenvalue weighted by atomic mass is 9.97. The third-order valence-corrected chi connectivity index (χ3v) is 3.94. The van der Waals surface area contributed by atoms with E-state index in [1.807, 2.05) is 12.1 Å². The molecule has 2 atom stereocenters. The molecule has 0 saturated heterocycles. The SMILES string of the molecule is CCCOc1ccc(NC(CC)CC(C)CC)cc1Cl. The number of nitrogens with one attached hydrogen (secondary N) is 1. The zero-order valence-corrected chi connectivity index (χ0v) is 14.0. The van der Waals surface area contributed by atoms with E-state index >= 15 is 0 Å². The summed E-state index contributed by atoms with van der Waals surface area (Å²) in [6.45, 7) is 9.57. The average Bonchev–Trinajstić information content (AvgIpc) is 2.45. The molecular formula is C17H28ClNO. The fraction of sp³-hybridized carbons (Fsp3) is 0.647. The van der Waals surface area contributed by atoms with E-state index in [1.54, 1.807) is 0 Å². The van der Waals surface area contributed by atoms with Crippen LogP contribution in [-0.4, -0.2) is 12.6 Å². The van der Waals surface area contributed by atoms with E-state index in [1.165, 1.54) is 12.8 Å². The van der Waals surface area contributed by atoms with Crippen LogP contribution < -0.4 is 10.1 Å². The first kappa shape index (κ1) is 17.2. The van der Waals surface area contributed by atoms with Gasteiger partial charge in [0.05, 0.1) is 11.6 Å². The number of halogens is 1. The summed E-state index contributed by atoms with van der Waals surface area (Å²) in [5.74, 6) is 1.52. The highest BCUT2D eigenvalue weighted by molar-refractivity contribution is 6.32. The fourth-order valence-corrected chi connectivity index (χ4v) is 2.37. The molecule has 1 aromatic carbocycles. The smallest absolute Gasteiger partial charge is 0.138 e. The Balaban J connectivity index is 2.64. The van der Waals surface area contributed by atoms with Gasteiger partial charge in [-0.3, -0.25) is 0 Å². The highest BCUT2D eigenvalue weighted by Crippen LogP contribution is 2.29. The van der Waals surface area contributed by atoms with Gasteiger partial charge < -0.3 is 10.1 Å². The normalized spacial score (nSPS) is 13.8. The van der Waals surface area contributed by atoms with Crippen molar-refractivity contribution in [3.05, 3.63) is 23.2 Å². The van der Waals surface area contributed by atoms with Crippen LogP contribution in [0.2, 0.25) is 5.02 Å². The molecule has 20 heavy (non-hydrogen) atoms. The van der Waals surface area contributed by atoms with Gasteiger partial charge in [-0.25, -0.2) is 0 Å². The van der Waals surface area contributed by atoms with Gasteiger partial charge in [-0.15, -0.1) is 0 Å². The van der Waals surface area contributed by atoms with E-state index in [0.29, 0.717) is 17.7 Å². The molecule has 0 bridgehead atoms. The second-order valence-corrected chi connectivity index (χ2v) is 5.90. The maximum absolute atomic E-state index is 6.26. The molecule has 114 valence electrons. The summed E-state index contributed by atoms with van der Waals surface area (Å²) in [5.41, 5.74) is 1.08. The van der Waals surface area contributed by atoms with Crippen molar-refractivity contribution in [1.82, 2.24) is 0 Å². The van der Waals surface area contributed by atoms with Crippen molar-refractivity contribution in [2.45, 2.75) is 59.4 Å². The lowest BCUT2D eigenvalue weighted by molar-refractivity contribution is 0.317. The van der Waals surface area contributed by atoms with Crippen LogP contribution in [0.5, 0.6) is 5.75 Å². The number of anilines is 1. The maximum atomic E-state index is 6.26. The van der Waals surface area contributed by atoms with E-state index in [4.69, 9.17) is 16.3 Å². The first-order valence-electron chi connectivity index (χ1n) is 7.79. The molecule has 0 spiro atoms. The molecule has 1 rings (SSSR count). The van der Waals surface area contributed by atoms with Gasteiger partial charge in [0.2, 0.25) is 0 Å². The van der Waals surface area contributed by atoms with Gasteiger partial charge in [-0.2, -0.15) is 0 Å². The van der Waals surface area contributed by atoms with Crippen molar-refractivity contribution in [3.63, 3.8) is 0 Å². The number of hydrogen-bond donors (Lipinski definition) is 1. The Morgan fingerprint density at radius 2 is 1.95 bits per heavy atom. The molecule has 0 heterocycles. The van der Waals surface area contributed by atoms with Crippen molar-refractivity contribution >= 4 is 17.3 Å². The predicted molar refractivity (Wildman–Crippen MR) is 89.0 cm³/mol. The molecule has 0 radical (unpaired) electrons. The zero-order chi connectivity index (χ0) is 15.0. The third kappa shape index (κ3) is 5.62. The zero-order valence-electron chi connectivity index (χ0n) is 13.2. The molecule has 2 unspecified atom stereocenters. The molecule has 0 saturated carbocycles. The van der Waals surface area contributed by atoms with Gasteiger partial charge in [-0.1, -0.05) is 45.7 Å². The number of hydrogen-bond acceptors (Lipinski definition) is 2. The van der Waals surface area contributed by atoms with Gasteiger partial charge in [-0.05, 0) is 43.4 Å². The molecule has 1 N–H and O–H groups in total. The molecule has 0 aliphatic heterocycles. The van der Waals surface area contributed by atoms with Crippen molar-refractivity contribution in [2.24, 2.45) is 5.92 Å².